The Morgan fingerprint density at radius 1 is 1.11 bits per heavy atom. The number of anilines is 2. The second kappa shape index (κ2) is 9.05. The highest BCUT2D eigenvalue weighted by molar-refractivity contribution is 6.31. The van der Waals surface area contributed by atoms with Crippen molar-refractivity contribution in [1.29, 1.82) is 0 Å². The predicted octanol–water partition coefficient (Wildman–Crippen LogP) is 4.81. The van der Waals surface area contributed by atoms with Gasteiger partial charge in [0.05, 0.1) is 29.7 Å². The lowest BCUT2D eigenvalue weighted by Gasteiger charge is -2.13. The second-order valence-corrected chi connectivity index (χ2v) is 6.20. The van der Waals surface area contributed by atoms with Gasteiger partial charge in [-0.2, -0.15) is 0 Å². The number of amides is 1. The number of halogens is 1. The SMILES string of the molecule is CCOc1ccccc1Nc1cncc(C(=O)NCc2ccccc2Cl)c1. The van der Waals surface area contributed by atoms with Crippen LogP contribution in [0, 0.1) is 0 Å². The van der Waals surface area contributed by atoms with Crippen LogP contribution in [-0.4, -0.2) is 17.5 Å². The van der Waals surface area contributed by atoms with Crippen molar-refractivity contribution in [2.75, 3.05) is 11.9 Å². The minimum absolute atomic E-state index is 0.218. The molecule has 3 aromatic rings. The van der Waals surface area contributed by atoms with E-state index in [-0.39, 0.29) is 5.91 Å². The van der Waals surface area contributed by atoms with Crippen molar-refractivity contribution in [2.45, 2.75) is 13.5 Å². The van der Waals surface area contributed by atoms with Crippen molar-refractivity contribution < 1.29 is 9.53 Å². The van der Waals surface area contributed by atoms with Crippen molar-refractivity contribution in [1.82, 2.24) is 10.3 Å². The Morgan fingerprint density at radius 2 is 1.89 bits per heavy atom. The van der Waals surface area contributed by atoms with E-state index in [0.29, 0.717) is 29.4 Å². The van der Waals surface area contributed by atoms with E-state index in [9.17, 15) is 4.79 Å². The molecule has 3 rings (SSSR count). The summed E-state index contributed by atoms with van der Waals surface area (Å²) in [5.41, 5.74) is 2.84. The molecule has 2 aromatic carbocycles. The zero-order valence-corrected chi connectivity index (χ0v) is 15.7. The number of hydrogen-bond donors (Lipinski definition) is 2. The fraction of sp³-hybridized carbons (Fsp3) is 0.143. The van der Waals surface area contributed by atoms with E-state index in [4.69, 9.17) is 16.3 Å². The van der Waals surface area contributed by atoms with Gasteiger partial charge in [0.15, 0.2) is 0 Å². The molecule has 0 saturated carbocycles. The summed E-state index contributed by atoms with van der Waals surface area (Å²) >= 11 is 6.12. The molecule has 138 valence electrons. The maximum absolute atomic E-state index is 12.5. The molecule has 5 nitrogen and oxygen atoms in total. The highest BCUT2D eigenvalue weighted by atomic mass is 35.5. The number of ether oxygens (including phenoxy) is 1. The summed E-state index contributed by atoms with van der Waals surface area (Å²) in [6, 6.07) is 16.8. The van der Waals surface area contributed by atoms with Gasteiger partial charge in [0.1, 0.15) is 5.75 Å². The average Bonchev–Trinajstić information content (AvgIpc) is 2.69. The first-order valence-electron chi connectivity index (χ1n) is 8.63. The van der Waals surface area contributed by atoms with E-state index < -0.39 is 0 Å². The number of rotatable bonds is 7. The number of hydrogen-bond acceptors (Lipinski definition) is 4. The van der Waals surface area contributed by atoms with Crippen LogP contribution in [0.3, 0.4) is 0 Å². The first-order valence-corrected chi connectivity index (χ1v) is 9.00. The smallest absolute Gasteiger partial charge is 0.253 e. The normalized spacial score (nSPS) is 10.3. The molecular formula is C21H20ClN3O2. The Morgan fingerprint density at radius 3 is 2.70 bits per heavy atom. The third-order valence-corrected chi connectivity index (χ3v) is 4.23. The van der Waals surface area contributed by atoms with Gasteiger partial charge in [0, 0.05) is 17.8 Å². The third-order valence-electron chi connectivity index (χ3n) is 3.86. The molecule has 0 atom stereocenters. The maximum atomic E-state index is 12.5. The number of pyridine rings is 1. The highest BCUT2D eigenvalue weighted by Crippen LogP contribution is 2.27. The van der Waals surface area contributed by atoms with Crippen molar-refractivity contribution in [3.8, 4) is 5.75 Å². The van der Waals surface area contributed by atoms with Crippen LogP contribution in [0.15, 0.2) is 67.0 Å². The zero-order valence-electron chi connectivity index (χ0n) is 14.9. The molecule has 0 spiro atoms. The molecule has 0 unspecified atom stereocenters. The summed E-state index contributed by atoms with van der Waals surface area (Å²) in [6.45, 7) is 2.85. The molecular weight excluding hydrogens is 362 g/mol. The van der Waals surface area contributed by atoms with E-state index >= 15 is 0 Å². The molecule has 0 fully saturated rings. The Kier molecular flexibility index (Phi) is 6.28. The summed E-state index contributed by atoms with van der Waals surface area (Å²) in [7, 11) is 0. The van der Waals surface area contributed by atoms with Crippen molar-refractivity contribution >= 4 is 28.9 Å². The van der Waals surface area contributed by atoms with Gasteiger partial charge in [-0.1, -0.05) is 41.9 Å². The van der Waals surface area contributed by atoms with Crippen LogP contribution in [0.5, 0.6) is 5.75 Å². The van der Waals surface area contributed by atoms with Gasteiger partial charge >= 0.3 is 0 Å². The number of aromatic nitrogens is 1. The minimum Gasteiger partial charge on any atom is -0.492 e. The van der Waals surface area contributed by atoms with Gasteiger partial charge in [-0.3, -0.25) is 9.78 Å². The summed E-state index contributed by atoms with van der Waals surface area (Å²) < 4.78 is 5.61. The zero-order chi connectivity index (χ0) is 19.1. The summed E-state index contributed by atoms with van der Waals surface area (Å²) in [4.78, 5) is 16.6. The van der Waals surface area contributed by atoms with Crippen LogP contribution < -0.4 is 15.4 Å². The molecule has 1 amide bonds. The fourth-order valence-electron chi connectivity index (χ4n) is 2.56. The van der Waals surface area contributed by atoms with Crippen LogP contribution in [0.25, 0.3) is 0 Å². The van der Waals surface area contributed by atoms with E-state index in [1.54, 1.807) is 18.3 Å². The van der Waals surface area contributed by atoms with Gasteiger partial charge in [-0.05, 0) is 36.8 Å². The average molecular weight is 382 g/mol. The lowest BCUT2D eigenvalue weighted by Crippen LogP contribution is -2.23. The van der Waals surface area contributed by atoms with Gasteiger partial charge in [-0.15, -0.1) is 0 Å². The molecule has 0 radical (unpaired) electrons. The molecule has 0 saturated heterocycles. The summed E-state index contributed by atoms with van der Waals surface area (Å²) in [6.07, 6.45) is 3.19. The van der Waals surface area contributed by atoms with E-state index in [1.807, 2.05) is 49.4 Å². The fourth-order valence-corrected chi connectivity index (χ4v) is 2.76. The van der Waals surface area contributed by atoms with Crippen LogP contribution in [-0.2, 0) is 6.54 Å². The summed E-state index contributed by atoms with van der Waals surface area (Å²) in [5, 5.41) is 6.73. The van der Waals surface area contributed by atoms with Crippen LogP contribution in [0.4, 0.5) is 11.4 Å². The maximum Gasteiger partial charge on any atom is 0.253 e. The number of benzene rings is 2. The van der Waals surface area contributed by atoms with E-state index in [0.717, 1.165) is 17.0 Å². The molecule has 1 aromatic heterocycles. The highest BCUT2D eigenvalue weighted by Gasteiger charge is 2.09. The Labute approximate surface area is 163 Å². The number of carbonyl (C=O) groups excluding carboxylic acids is 1. The molecule has 0 bridgehead atoms. The number of nitrogens with one attached hydrogen (secondary N) is 2. The Balaban J connectivity index is 1.70. The van der Waals surface area contributed by atoms with Gasteiger partial charge in [-0.25, -0.2) is 0 Å². The number of nitrogens with zero attached hydrogens (tertiary/aromatic N) is 1. The van der Waals surface area contributed by atoms with Crippen molar-refractivity contribution in [3.63, 3.8) is 0 Å². The first-order chi connectivity index (χ1) is 13.2. The van der Waals surface area contributed by atoms with Crippen LogP contribution in [0.2, 0.25) is 5.02 Å². The number of carbonyl (C=O) groups is 1. The molecule has 1 heterocycles. The lowest BCUT2D eigenvalue weighted by atomic mass is 10.2. The van der Waals surface area contributed by atoms with Gasteiger partial charge in [0.25, 0.3) is 5.91 Å². The number of para-hydroxylation sites is 2. The first kappa shape index (κ1) is 18.7. The Bertz CT molecular complexity index is 931. The monoisotopic (exact) mass is 381 g/mol. The molecule has 0 aliphatic rings. The predicted molar refractivity (Wildman–Crippen MR) is 108 cm³/mol. The molecule has 6 heteroatoms. The van der Waals surface area contributed by atoms with Gasteiger partial charge < -0.3 is 15.4 Å². The van der Waals surface area contributed by atoms with Gasteiger partial charge in [0.2, 0.25) is 0 Å². The molecule has 27 heavy (non-hydrogen) atoms. The topological polar surface area (TPSA) is 63.2 Å². The second-order valence-electron chi connectivity index (χ2n) is 5.79. The molecule has 2 N–H and O–H groups in total. The Hall–Kier alpha value is -3.05. The summed E-state index contributed by atoms with van der Waals surface area (Å²) in [5.74, 6) is 0.526. The lowest BCUT2D eigenvalue weighted by molar-refractivity contribution is 0.0950. The van der Waals surface area contributed by atoms with Crippen molar-refractivity contribution in [2.24, 2.45) is 0 Å². The largest absolute Gasteiger partial charge is 0.492 e. The van der Waals surface area contributed by atoms with E-state index in [1.165, 1.54) is 6.20 Å². The van der Waals surface area contributed by atoms with E-state index in [2.05, 4.69) is 15.6 Å². The standard InChI is InChI=1S/C21H20ClN3O2/c1-2-27-20-10-6-5-9-19(20)25-17-11-16(12-23-14-17)21(26)24-13-15-7-3-4-8-18(15)22/h3-12,14,25H,2,13H2,1H3,(H,24,26). The van der Waals surface area contributed by atoms with Crippen LogP contribution in [0.1, 0.15) is 22.8 Å². The third kappa shape index (κ3) is 4.99. The van der Waals surface area contributed by atoms with Crippen LogP contribution >= 0.6 is 11.6 Å². The quantitative estimate of drug-likeness (QED) is 0.616. The van der Waals surface area contributed by atoms with Crippen molar-refractivity contribution in [3.05, 3.63) is 83.1 Å². The minimum atomic E-state index is -0.218. The molecule has 0 aliphatic carbocycles. The molecule has 0 aliphatic heterocycles.